The SMILES string of the molecule is N#Cc1ccc2c(c1)C(=O)C1(CCN(C(=O)O)CC1)C2. The predicted octanol–water partition coefficient (Wildman–Crippen LogP) is 2.06. The summed E-state index contributed by atoms with van der Waals surface area (Å²) in [4.78, 5) is 25.0. The highest BCUT2D eigenvalue weighted by molar-refractivity contribution is 6.05. The molecule has 1 amide bonds. The van der Waals surface area contributed by atoms with Crippen molar-refractivity contribution in [2.75, 3.05) is 13.1 Å². The third kappa shape index (κ3) is 1.76. The lowest BCUT2D eigenvalue weighted by Gasteiger charge is -2.36. The molecular weight excluding hydrogens is 256 g/mol. The van der Waals surface area contributed by atoms with Gasteiger partial charge in [0.25, 0.3) is 0 Å². The Labute approximate surface area is 116 Å². The number of benzene rings is 1. The first-order chi connectivity index (χ1) is 9.55. The number of carboxylic acid groups (broad SMARTS) is 1. The largest absolute Gasteiger partial charge is 0.465 e. The number of carbonyl (C=O) groups is 2. The molecule has 0 aromatic heterocycles. The molecular formula is C15H14N2O3. The first-order valence-corrected chi connectivity index (χ1v) is 6.61. The second kappa shape index (κ2) is 4.34. The number of rotatable bonds is 0. The van der Waals surface area contributed by atoms with Crippen LogP contribution in [0.2, 0.25) is 0 Å². The van der Waals surface area contributed by atoms with Crippen molar-refractivity contribution >= 4 is 11.9 Å². The molecule has 0 unspecified atom stereocenters. The molecule has 0 radical (unpaired) electrons. The first kappa shape index (κ1) is 12.7. The van der Waals surface area contributed by atoms with Crippen molar-refractivity contribution < 1.29 is 14.7 Å². The van der Waals surface area contributed by atoms with Gasteiger partial charge in [-0.25, -0.2) is 4.79 Å². The van der Waals surface area contributed by atoms with Crippen molar-refractivity contribution in [3.05, 3.63) is 34.9 Å². The third-order valence-electron chi connectivity index (χ3n) is 4.49. The van der Waals surface area contributed by atoms with Crippen molar-refractivity contribution in [1.29, 1.82) is 5.26 Å². The zero-order valence-electron chi connectivity index (χ0n) is 10.9. The fourth-order valence-corrected chi connectivity index (χ4v) is 3.27. The minimum Gasteiger partial charge on any atom is -0.465 e. The van der Waals surface area contributed by atoms with Crippen molar-refractivity contribution in [3.63, 3.8) is 0 Å². The zero-order valence-corrected chi connectivity index (χ0v) is 10.9. The van der Waals surface area contributed by atoms with Crippen molar-refractivity contribution in [3.8, 4) is 6.07 Å². The maximum atomic E-state index is 12.6. The zero-order chi connectivity index (χ0) is 14.3. The summed E-state index contributed by atoms with van der Waals surface area (Å²) < 4.78 is 0. The van der Waals surface area contributed by atoms with Crippen LogP contribution < -0.4 is 0 Å². The van der Waals surface area contributed by atoms with Crippen molar-refractivity contribution in [1.82, 2.24) is 4.90 Å². The number of amides is 1. The Morgan fingerprint density at radius 1 is 1.35 bits per heavy atom. The van der Waals surface area contributed by atoms with Crippen LogP contribution in [0.5, 0.6) is 0 Å². The van der Waals surface area contributed by atoms with E-state index < -0.39 is 11.5 Å². The molecule has 102 valence electrons. The van der Waals surface area contributed by atoms with Gasteiger partial charge < -0.3 is 10.0 Å². The molecule has 5 nitrogen and oxygen atoms in total. The van der Waals surface area contributed by atoms with Crippen LogP contribution in [0.3, 0.4) is 0 Å². The molecule has 1 aliphatic carbocycles. The van der Waals surface area contributed by atoms with Crippen LogP contribution in [-0.2, 0) is 6.42 Å². The molecule has 0 saturated carbocycles. The van der Waals surface area contributed by atoms with E-state index in [1.807, 2.05) is 6.07 Å². The average Bonchev–Trinajstić information content (AvgIpc) is 2.72. The van der Waals surface area contributed by atoms with E-state index in [0.717, 1.165) is 5.56 Å². The molecule has 1 aliphatic heterocycles. The lowest BCUT2D eigenvalue weighted by atomic mass is 9.75. The predicted molar refractivity (Wildman–Crippen MR) is 70.5 cm³/mol. The van der Waals surface area contributed by atoms with Crippen LogP contribution in [-0.4, -0.2) is 35.0 Å². The number of Topliss-reactive ketones (excluding diaryl/α,β-unsaturated/α-hetero) is 1. The summed E-state index contributed by atoms with van der Waals surface area (Å²) in [5.74, 6) is 0.0784. The monoisotopic (exact) mass is 270 g/mol. The lowest BCUT2D eigenvalue weighted by molar-refractivity contribution is 0.0621. The highest BCUT2D eigenvalue weighted by atomic mass is 16.4. The summed E-state index contributed by atoms with van der Waals surface area (Å²) in [6.07, 6.45) is 0.874. The number of nitriles is 1. The topological polar surface area (TPSA) is 81.4 Å². The average molecular weight is 270 g/mol. The van der Waals surface area contributed by atoms with Gasteiger partial charge in [-0.05, 0) is 37.0 Å². The molecule has 1 fully saturated rings. The number of fused-ring (bicyclic) bond motifs is 1. The first-order valence-electron chi connectivity index (χ1n) is 6.61. The van der Waals surface area contributed by atoms with Crippen LogP contribution in [0.4, 0.5) is 4.79 Å². The molecule has 1 saturated heterocycles. The highest BCUT2D eigenvalue weighted by Crippen LogP contribution is 2.44. The van der Waals surface area contributed by atoms with E-state index in [-0.39, 0.29) is 5.78 Å². The molecule has 1 spiro atoms. The highest BCUT2D eigenvalue weighted by Gasteiger charge is 2.47. The van der Waals surface area contributed by atoms with E-state index >= 15 is 0 Å². The van der Waals surface area contributed by atoms with Crippen LogP contribution in [0.15, 0.2) is 18.2 Å². The van der Waals surface area contributed by atoms with Gasteiger partial charge in [0.2, 0.25) is 0 Å². The quantitative estimate of drug-likeness (QED) is 0.782. The van der Waals surface area contributed by atoms with Crippen molar-refractivity contribution in [2.45, 2.75) is 19.3 Å². The Bertz CT molecular complexity index is 637. The Hall–Kier alpha value is -2.35. The van der Waals surface area contributed by atoms with Gasteiger partial charge in [-0.3, -0.25) is 4.79 Å². The smallest absolute Gasteiger partial charge is 0.407 e. The number of piperidine rings is 1. The van der Waals surface area contributed by atoms with Gasteiger partial charge in [0.05, 0.1) is 11.6 Å². The van der Waals surface area contributed by atoms with Gasteiger partial charge in [-0.1, -0.05) is 6.07 Å². The Morgan fingerprint density at radius 2 is 2.05 bits per heavy atom. The van der Waals surface area contributed by atoms with Crippen LogP contribution >= 0.6 is 0 Å². The lowest BCUT2D eigenvalue weighted by Crippen LogP contribution is -2.45. The summed E-state index contributed by atoms with van der Waals surface area (Å²) >= 11 is 0. The summed E-state index contributed by atoms with van der Waals surface area (Å²) in [5, 5.41) is 17.9. The minimum absolute atomic E-state index is 0.0784. The van der Waals surface area contributed by atoms with Gasteiger partial charge in [0.15, 0.2) is 5.78 Å². The van der Waals surface area contributed by atoms with E-state index in [0.29, 0.717) is 43.5 Å². The summed E-state index contributed by atoms with van der Waals surface area (Å²) in [7, 11) is 0. The molecule has 1 heterocycles. The van der Waals surface area contributed by atoms with Crippen LogP contribution in [0.1, 0.15) is 34.3 Å². The van der Waals surface area contributed by atoms with Gasteiger partial charge in [-0.15, -0.1) is 0 Å². The second-order valence-electron chi connectivity index (χ2n) is 5.54. The fraction of sp³-hybridized carbons (Fsp3) is 0.400. The number of nitrogens with zero attached hydrogens (tertiary/aromatic N) is 2. The summed E-state index contributed by atoms with van der Waals surface area (Å²) in [6, 6.07) is 7.30. The Morgan fingerprint density at radius 3 is 2.65 bits per heavy atom. The van der Waals surface area contributed by atoms with Gasteiger partial charge in [0, 0.05) is 24.1 Å². The standard InChI is InChI=1S/C15H14N2O3/c16-9-10-1-2-11-8-15(13(18)12(11)7-10)3-5-17(6-4-15)14(19)20/h1-2,7H,3-6,8H2,(H,19,20). The molecule has 1 aromatic carbocycles. The number of carbonyl (C=O) groups excluding carboxylic acids is 1. The van der Waals surface area contributed by atoms with Gasteiger partial charge in [-0.2, -0.15) is 5.26 Å². The number of ketones is 1. The fourth-order valence-electron chi connectivity index (χ4n) is 3.27. The minimum atomic E-state index is -0.922. The van der Waals surface area contributed by atoms with Crippen LogP contribution in [0, 0.1) is 16.7 Å². The molecule has 20 heavy (non-hydrogen) atoms. The Kier molecular flexibility index (Phi) is 2.75. The molecule has 1 aromatic rings. The maximum Gasteiger partial charge on any atom is 0.407 e. The normalized spacial score (nSPS) is 19.8. The van der Waals surface area contributed by atoms with Gasteiger partial charge in [0.1, 0.15) is 0 Å². The summed E-state index contributed by atoms with van der Waals surface area (Å²) in [6.45, 7) is 0.806. The molecule has 3 rings (SSSR count). The molecule has 0 bridgehead atoms. The van der Waals surface area contributed by atoms with Crippen molar-refractivity contribution in [2.24, 2.45) is 5.41 Å². The van der Waals surface area contributed by atoms with Gasteiger partial charge >= 0.3 is 6.09 Å². The molecule has 5 heteroatoms. The molecule has 1 N–H and O–H groups in total. The second-order valence-corrected chi connectivity index (χ2v) is 5.54. The maximum absolute atomic E-state index is 12.6. The van der Waals surface area contributed by atoms with E-state index in [1.165, 1.54) is 4.90 Å². The molecule has 2 aliphatic rings. The summed E-state index contributed by atoms with van der Waals surface area (Å²) in [5.41, 5.74) is 1.67. The Balaban J connectivity index is 1.87. The van der Waals surface area contributed by atoms with Crippen LogP contribution in [0.25, 0.3) is 0 Å². The number of hydrogen-bond donors (Lipinski definition) is 1. The van der Waals surface area contributed by atoms with E-state index in [2.05, 4.69) is 6.07 Å². The number of likely N-dealkylation sites (tertiary alicyclic amines) is 1. The van der Waals surface area contributed by atoms with E-state index in [4.69, 9.17) is 10.4 Å². The van der Waals surface area contributed by atoms with E-state index in [1.54, 1.807) is 12.1 Å². The number of hydrogen-bond acceptors (Lipinski definition) is 3. The van der Waals surface area contributed by atoms with E-state index in [9.17, 15) is 9.59 Å². The third-order valence-corrected chi connectivity index (χ3v) is 4.49. The molecule has 0 atom stereocenters.